The highest BCUT2D eigenvalue weighted by molar-refractivity contribution is 5.96. The van der Waals surface area contributed by atoms with E-state index in [2.05, 4.69) is 10.3 Å². The lowest BCUT2D eigenvalue weighted by Gasteiger charge is -2.22. The number of nitrogens with two attached hydrogens (primary N) is 1. The zero-order valence-electron chi connectivity index (χ0n) is 21.9. The Labute approximate surface area is 222 Å². The molecule has 9 heteroatoms. The Balaban J connectivity index is 1.48. The van der Waals surface area contributed by atoms with E-state index in [1.54, 1.807) is 26.4 Å². The summed E-state index contributed by atoms with van der Waals surface area (Å²) in [5.74, 6) is -1.40. The molecule has 9 nitrogen and oxygen atoms in total. The summed E-state index contributed by atoms with van der Waals surface area (Å²) in [6, 6.07) is 17.2. The Kier molecular flexibility index (Phi) is 8.38. The van der Waals surface area contributed by atoms with Crippen molar-refractivity contribution in [3.8, 4) is 0 Å². The fourth-order valence-electron chi connectivity index (χ4n) is 4.60. The van der Waals surface area contributed by atoms with Gasteiger partial charge in [-0.15, -0.1) is 0 Å². The molecular weight excluding hydrogens is 484 g/mol. The quantitative estimate of drug-likeness (QED) is 0.373. The number of esters is 1. The number of amides is 1. The predicted molar refractivity (Wildman–Crippen MR) is 142 cm³/mol. The number of nitrogens with one attached hydrogen (secondary N) is 1. The average Bonchev–Trinajstić information content (AvgIpc) is 3.46. The summed E-state index contributed by atoms with van der Waals surface area (Å²) in [7, 11) is 0. The molecule has 0 bridgehead atoms. The second-order valence-electron chi connectivity index (χ2n) is 10.2. The monoisotopic (exact) mass is 518 g/mol. The zero-order valence-corrected chi connectivity index (χ0v) is 21.9. The van der Waals surface area contributed by atoms with E-state index in [1.807, 2.05) is 59.2 Å². The van der Waals surface area contributed by atoms with E-state index in [4.69, 9.17) is 15.2 Å². The zero-order chi connectivity index (χ0) is 27.3. The lowest BCUT2D eigenvalue weighted by molar-refractivity contribution is -0.147. The van der Waals surface area contributed by atoms with Crippen molar-refractivity contribution >= 4 is 23.5 Å². The molecule has 0 spiro atoms. The Bertz CT molecular complexity index is 1280. The number of hydrogen-bond donors (Lipinski definition) is 2. The van der Waals surface area contributed by atoms with E-state index < -0.39 is 11.5 Å². The van der Waals surface area contributed by atoms with Crippen molar-refractivity contribution in [2.75, 3.05) is 11.9 Å². The van der Waals surface area contributed by atoms with Crippen LogP contribution in [0.1, 0.15) is 49.9 Å². The first-order valence-electron chi connectivity index (χ1n) is 12.6. The molecule has 0 fully saturated rings. The molecule has 0 saturated carbocycles. The van der Waals surface area contributed by atoms with Crippen LogP contribution >= 0.6 is 0 Å². The van der Waals surface area contributed by atoms with Crippen LogP contribution in [0.25, 0.3) is 0 Å². The minimum Gasteiger partial charge on any atom is -0.460 e. The summed E-state index contributed by atoms with van der Waals surface area (Å²) in [6.07, 6.45) is 3.46. The number of ether oxygens (including phenoxy) is 2. The van der Waals surface area contributed by atoms with Gasteiger partial charge in [0.15, 0.2) is 11.6 Å². The van der Waals surface area contributed by atoms with Crippen molar-refractivity contribution in [3.63, 3.8) is 0 Å². The molecule has 3 atom stereocenters. The number of hydrogen-bond acceptors (Lipinski definition) is 7. The van der Waals surface area contributed by atoms with Gasteiger partial charge in [-0.1, -0.05) is 54.6 Å². The second kappa shape index (κ2) is 11.7. The van der Waals surface area contributed by atoms with E-state index in [0.717, 1.165) is 16.7 Å². The lowest BCUT2D eigenvalue weighted by Crippen LogP contribution is -2.44. The summed E-state index contributed by atoms with van der Waals surface area (Å²) in [5.41, 5.74) is 8.02. The van der Waals surface area contributed by atoms with Crippen LogP contribution in [0.2, 0.25) is 0 Å². The third-order valence-electron chi connectivity index (χ3n) is 6.59. The fourth-order valence-corrected chi connectivity index (χ4v) is 4.60. The number of carbonyl (C=O) groups is 3. The number of benzene rings is 2. The molecule has 0 saturated heterocycles. The largest absolute Gasteiger partial charge is 0.460 e. The van der Waals surface area contributed by atoms with Crippen LogP contribution in [-0.4, -0.2) is 45.5 Å². The summed E-state index contributed by atoms with van der Waals surface area (Å²) < 4.78 is 13.2. The Hall–Kier alpha value is -3.82. The number of Topliss-reactive ketones (excluding diaryl/α,β-unsaturated/α-hetero) is 1. The standard InChI is InChI=1S/C29H34N4O5/c1-19(34)38-24-13-21-11-7-8-12-23(21)27(24)33-15-26(31-18-33)32-28(36)22(14-25(35)29(2,3)30)17-37-16-20-9-5-4-6-10-20/h4-12,15,18,22,24,27H,13-14,16-17,30H2,1-3H3,(H,32,36). The van der Waals surface area contributed by atoms with E-state index in [1.165, 1.54) is 6.92 Å². The molecule has 2 aromatic carbocycles. The molecular formula is C29H34N4O5. The van der Waals surface area contributed by atoms with Crippen molar-refractivity contribution in [2.45, 2.75) is 57.9 Å². The second-order valence-corrected chi connectivity index (χ2v) is 10.2. The normalized spacial score (nSPS) is 17.5. The fraction of sp³-hybridized carbons (Fsp3) is 0.379. The van der Waals surface area contributed by atoms with Gasteiger partial charge in [-0.05, 0) is 30.5 Å². The number of imidazole rings is 1. The summed E-state index contributed by atoms with van der Waals surface area (Å²) in [5, 5.41) is 2.82. The Morgan fingerprint density at radius 1 is 1.13 bits per heavy atom. The maximum Gasteiger partial charge on any atom is 0.302 e. The van der Waals surface area contributed by atoms with Crippen LogP contribution in [-0.2, 0) is 36.9 Å². The molecule has 0 aliphatic heterocycles. The van der Waals surface area contributed by atoms with E-state index in [0.29, 0.717) is 18.8 Å². The minimum atomic E-state index is -1.07. The highest BCUT2D eigenvalue weighted by atomic mass is 16.5. The van der Waals surface area contributed by atoms with Gasteiger partial charge in [0.25, 0.3) is 0 Å². The molecule has 200 valence electrons. The highest BCUT2D eigenvalue weighted by Gasteiger charge is 2.36. The first-order valence-corrected chi connectivity index (χ1v) is 12.6. The van der Waals surface area contributed by atoms with Crippen LogP contribution in [0, 0.1) is 5.92 Å². The molecule has 3 unspecified atom stereocenters. The van der Waals surface area contributed by atoms with Crippen molar-refractivity contribution in [2.24, 2.45) is 11.7 Å². The van der Waals surface area contributed by atoms with Gasteiger partial charge in [0.2, 0.25) is 5.91 Å². The van der Waals surface area contributed by atoms with Crippen LogP contribution in [0.3, 0.4) is 0 Å². The number of aromatic nitrogens is 2. The van der Waals surface area contributed by atoms with Gasteiger partial charge in [0.05, 0.1) is 37.0 Å². The molecule has 3 N–H and O–H groups in total. The smallest absolute Gasteiger partial charge is 0.302 e. The summed E-state index contributed by atoms with van der Waals surface area (Å²) in [6.45, 7) is 5.00. The van der Waals surface area contributed by atoms with Gasteiger partial charge in [0, 0.05) is 26.0 Å². The Morgan fingerprint density at radius 2 is 1.84 bits per heavy atom. The van der Waals surface area contributed by atoms with Gasteiger partial charge >= 0.3 is 5.97 Å². The highest BCUT2D eigenvalue weighted by Crippen LogP contribution is 2.36. The van der Waals surface area contributed by atoms with E-state index in [9.17, 15) is 14.4 Å². The van der Waals surface area contributed by atoms with Gasteiger partial charge in [-0.2, -0.15) is 0 Å². The summed E-state index contributed by atoms with van der Waals surface area (Å²) in [4.78, 5) is 42.0. The molecule has 1 amide bonds. The van der Waals surface area contributed by atoms with Gasteiger partial charge in [-0.3, -0.25) is 14.4 Å². The molecule has 1 heterocycles. The molecule has 1 aromatic heterocycles. The number of anilines is 1. The molecule has 3 aromatic rings. The van der Waals surface area contributed by atoms with Crippen molar-refractivity contribution < 1.29 is 23.9 Å². The lowest BCUT2D eigenvalue weighted by atomic mass is 9.91. The number of ketones is 1. The topological polar surface area (TPSA) is 126 Å². The molecule has 1 aliphatic rings. The number of fused-ring (bicyclic) bond motifs is 1. The van der Waals surface area contributed by atoms with Crippen LogP contribution in [0.15, 0.2) is 67.1 Å². The first-order chi connectivity index (χ1) is 18.1. The number of carbonyl (C=O) groups excluding carboxylic acids is 3. The molecule has 1 aliphatic carbocycles. The molecule has 38 heavy (non-hydrogen) atoms. The predicted octanol–water partition coefficient (Wildman–Crippen LogP) is 3.43. The third-order valence-corrected chi connectivity index (χ3v) is 6.59. The average molecular weight is 519 g/mol. The van der Waals surface area contributed by atoms with Gasteiger partial charge < -0.3 is 25.1 Å². The molecule has 4 rings (SSSR count). The maximum atomic E-state index is 13.3. The van der Waals surface area contributed by atoms with Crippen LogP contribution in [0.5, 0.6) is 0 Å². The summed E-state index contributed by atoms with van der Waals surface area (Å²) >= 11 is 0. The van der Waals surface area contributed by atoms with Crippen molar-refractivity contribution in [1.29, 1.82) is 0 Å². The number of rotatable bonds is 11. The van der Waals surface area contributed by atoms with Gasteiger partial charge in [0.1, 0.15) is 6.10 Å². The van der Waals surface area contributed by atoms with Crippen LogP contribution < -0.4 is 11.1 Å². The van der Waals surface area contributed by atoms with Crippen molar-refractivity contribution in [1.82, 2.24) is 9.55 Å². The van der Waals surface area contributed by atoms with Crippen LogP contribution in [0.4, 0.5) is 5.82 Å². The maximum absolute atomic E-state index is 13.3. The third kappa shape index (κ3) is 6.73. The molecule has 0 radical (unpaired) electrons. The van der Waals surface area contributed by atoms with E-state index >= 15 is 0 Å². The minimum absolute atomic E-state index is 0.0494. The Morgan fingerprint density at radius 3 is 2.55 bits per heavy atom. The number of nitrogens with zero attached hydrogens (tertiary/aromatic N) is 2. The van der Waals surface area contributed by atoms with Crippen molar-refractivity contribution in [3.05, 3.63) is 83.8 Å². The SMILES string of the molecule is CC(=O)OC1Cc2ccccc2C1n1cnc(NC(=O)C(COCc2ccccc2)CC(=O)C(C)(C)N)c1. The first kappa shape index (κ1) is 27.2. The van der Waals surface area contributed by atoms with E-state index in [-0.39, 0.29) is 42.8 Å². The van der Waals surface area contributed by atoms with Gasteiger partial charge in [-0.25, -0.2) is 4.98 Å².